The smallest absolute Gasteiger partial charge is 0.335 e. The number of amides is 1. The number of anilines is 1. The van der Waals surface area contributed by atoms with E-state index in [1.54, 1.807) is 25.1 Å². The zero-order chi connectivity index (χ0) is 15.2. The van der Waals surface area contributed by atoms with Gasteiger partial charge in [-0.15, -0.1) is 0 Å². The summed E-state index contributed by atoms with van der Waals surface area (Å²) in [5, 5.41) is 15.0. The van der Waals surface area contributed by atoms with Crippen LogP contribution in [0.15, 0.2) is 34.9 Å². The number of carboxylic acids is 1. The normalized spacial score (nSPS) is 10.1. The molecule has 0 aliphatic heterocycles. The molecule has 0 unspecified atom stereocenters. The van der Waals surface area contributed by atoms with Crippen LogP contribution in [-0.2, 0) is 4.79 Å². The molecule has 0 atom stereocenters. The summed E-state index contributed by atoms with van der Waals surface area (Å²) in [6.07, 6.45) is 0.145. The summed E-state index contributed by atoms with van der Waals surface area (Å²) in [6.45, 7) is 1.90. The number of aromatic carboxylic acids is 1. The molecule has 0 aliphatic carbocycles. The van der Waals surface area contributed by atoms with Gasteiger partial charge in [-0.05, 0) is 31.2 Å². The Bertz CT molecular complexity index is 633. The van der Waals surface area contributed by atoms with Crippen LogP contribution < -0.4 is 10.1 Å². The third kappa shape index (κ3) is 4.34. The summed E-state index contributed by atoms with van der Waals surface area (Å²) >= 11 is 0. The molecule has 7 nitrogen and oxygen atoms in total. The van der Waals surface area contributed by atoms with Crippen LogP contribution in [0.1, 0.15) is 22.5 Å². The number of ether oxygens (including phenoxy) is 1. The molecule has 1 amide bonds. The van der Waals surface area contributed by atoms with E-state index >= 15 is 0 Å². The minimum atomic E-state index is -0.996. The number of rotatable bonds is 6. The highest BCUT2D eigenvalue weighted by molar-refractivity contribution is 5.89. The molecule has 21 heavy (non-hydrogen) atoms. The SMILES string of the molecule is Cc1cc(NC(=O)CCOc2ccc(C(=O)O)cc2)no1. The standard InChI is InChI=1S/C14H14N2O5/c1-9-8-12(16-21-9)15-13(17)6-7-20-11-4-2-10(3-5-11)14(18)19/h2-5,8H,6-7H2,1H3,(H,18,19)(H,15,16,17). The highest BCUT2D eigenvalue weighted by Crippen LogP contribution is 2.13. The maximum absolute atomic E-state index is 11.6. The lowest BCUT2D eigenvalue weighted by Crippen LogP contribution is -2.15. The minimum Gasteiger partial charge on any atom is -0.493 e. The van der Waals surface area contributed by atoms with Crippen molar-refractivity contribution in [2.75, 3.05) is 11.9 Å². The zero-order valence-corrected chi connectivity index (χ0v) is 11.3. The quantitative estimate of drug-likeness (QED) is 0.844. The molecule has 1 aromatic heterocycles. The zero-order valence-electron chi connectivity index (χ0n) is 11.3. The number of aryl methyl sites for hydroxylation is 1. The van der Waals surface area contributed by atoms with Crippen LogP contribution in [0, 0.1) is 6.92 Å². The van der Waals surface area contributed by atoms with Crippen LogP contribution in [0.2, 0.25) is 0 Å². The van der Waals surface area contributed by atoms with Crippen molar-refractivity contribution in [3.63, 3.8) is 0 Å². The van der Waals surface area contributed by atoms with Gasteiger partial charge >= 0.3 is 5.97 Å². The molecular formula is C14H14N2O5. The van der Waals surface area contributed by atoms with E-state index in [4.69, 9.17) is 14.4 Å². The molecule has 2 aromatic rings. The van der Waals surface area contributed by atoms with E-state index in [2.05, 4.69) is 10.5 Å². The average Bonchev–Trinajstić information content (AvgIpc) is 2.84. The van der Waals surface area contributed by atoms with Crippen molar-refractivity contribution in [1.29, 1.82) is 0 Å². The average molecular weight is 290 g/mol. The fourth-order valence-electron chi connectivity index (χ4n) is 1.59. The van der Waals surface area contributed by atoms with Gasteiger partial charge in [-0.3, -0.25) is 4.79 Å². The van der Waals surface area contributed by atoms with Crippen molar-refractivity contribution < 1.29 is 24.0 Å². The minimum absolute atomic E-state index is 0.145. The molecular weight excluding hydrogens is 276 g/mol. The maximum atomic E-state index is 11.6. The summed E-state index contributed by atoms with van der Waals surface area (Å²) in [5.41, 5.74) is 0.182. The van der Waals surface area contributed by atoms with Gasteiger partial charge in [0.15, 0.2) is 5.82 Å². The Kier molecular flexibility index (Phi) is 4.55. The second-order valence-electron chi connectivity index (χ2n) is 4.30. The number of benzene rings is 1. The van der Waals surface area contributed by atoms with E-state index in [-0.39, 0.29) is 24.5 Å². The lowest BCUT2D eigenvalue weighted by molar-refractivity contribution is -0.116. The molecule has 0 saturated carbocycles. The molecule has 0 spiro atoms. The first-order valence-corrected chi connectivity index (χ1v) is 6.24. The lowest BCUT2D eigenvalue weighted by atomic mass is 10.2. The van der Waals surface area contributed by atoms with Gasteiger partial charge < -0.3 is 19.7 Å². The number of hydrogen-bond acceptors (Lipinski definition) is 5. The summed E-state index contributed by atoms with van der Waals surface area (Å²) in [7, 11) is 0. The van der Waals surface area contributed by atoms with E-state index in [1.807, 2.05) is 0 Å². The van der Waals surface area contributed by atoms with Crippen LogP contribution >= 0.6 is 0 Å². The Morgan fingerprint density at radius 3 is 2.62 bits per heavy atom. The van der Waals surface area contributed by atoms with Gasteiger partial charge in [0.25, 0.3) is 0 Å². The van der Waals surface area contributed by atoms with E-state index in [1.165, 1.54) is 12.1 Å². The molecule has 110 valence electrons. The monoisotopic (exact) mass is 290 g/mol. The third-order valence-electron chi connectivity index (χ3n) is 2.59. The van der Waals surface area contributed by atoms with E-state index < -0.39 is 5.97 Å². The second-order valence-corrected chi connectivity index (χ2v) is 4.30. The van der Waals surface area contributed by atoms with Gasteiger partial charge in [0, 0.05) is 6.07 Å². The highest BCUT2D eigenvalue weighted by Gasteiger charge is 2.07. The molecule has 2 rings (SSSR count). The van der Waals surface area contributed by atoms with Crippen LogP contribution in [0.5, 0.6) is 5.75 Å². The van der Waals surface area contributed by atoms with Crippen molar-refractivity contribution in [3.8, 4) is 5.75 Å². The largest absolute Gasteiger partial charge is 0.493 e. The number of aromatic nitrogens is 1. The van der Waals surface area contributed by atoms with Gasteiger partial charge in [-0.2, -0.15) is 0 Å². The number of nitrogens with one attached hydrogen (secondary N) is 1. The maximum Gasteiger partial charge on any atom is 0.335 e. The lowest BCUT2D eigenvalue weighted by Gasteiger charge is -2.06. The van der Waals surface area contributed by atoms with Crippen molar-refractivity contribution in [2.24, 2.45) is 0 Å². The van der Waals surface area contributed by atoms with Crippen molar-refractivity contribution in [3.05, 3.63) is 41.7 Å². The third-order valence-corrected chi connectivity index (χ3v) is 2.59. The Hall–Kier alpha value is -2.83. The fraction of sp³-hybridized carbons (Fsp3) is 0.214. The van der Waals surface area contributed by atoms with Crippen molar-refractivity contribution in [1.82, 2.24) is 5.16 Å². The van der Waals surface area contributed by atoms with Gasteiger partial charge in [0.2, 0.25) is 5.91 Å². The van der Waals surface area contributed by atoms with Crippen molar-refractivity contribution in [2.45, 2.75) is 13.3 Å². The van der Waals surface area contributed by atoms with Crippen LogP contribution in [0.4, 0.5) is 5.82 Å². The Labute approximate surface area is 120 Å². The fourth-order valence-corrected chi connectivity index (χ4v) is 1.59. The number of carboxylic acid groups (broad SMARTS) is 1. The van der Waals surface area contributed by atoms with Gasteiger partial charge in [0.05, 0.1) is 18.6 Å². The van der Waals surface area contributed by atoms with E-state index in [0.717, 1.165) is 0 Å². The highest BCUT2D eigenvalue weighted by atomic mass is 16.5. The summed E-state index contributed by atoms with van der Waals surface area (Å²) < 4.78 is 10.2. The molecule has 0 saturated heterocycles. The predicted octanol–water partition coefficient (Wildman–Crippen LogP) is 2.09. The number of nitrogens with zero attached hydrogens (tertiary/aromatic N) is 1. The van der Waals surface area contributed by atoms with E-state index in [0.29, 0.717) is 17.3 Å². The van der Waals surface area contributed by atoms with Crippen LogP contribution in [0.25, 0.3) is 0 Å². The Morgan fingerprint density at radius 2 is 2.05 bits per heavy atom. The van der Waals surface area contributed by atoms with Gasteiger partial charge in [-0.25, -0.2) is 4.79 Å². The molecule has 7 heteroatoms. The first-order valence-electron chi connectivity index (χ1n) is 6.24. The second kappa shape index (κ2) is 6.56. The Morgan fingerprint density at radius 1 is 1.33 bits per heavy atom. The molecule has 1 heterocycles. The molecule has 0 fully saturated rings. The predicted molar refractivity (Wildman–Crippen MR) is 73.4 cm³/mol. The first kappa shape index (κ1) is 14.6. The molecule has 0 radical (unpaired) electrons. The molecule has 0 aliphatic rings. The van der Waals surface area contributed by atoms with Crippen LogP contribution in [0.3, 0.4) is 0 Å². The van der Waals surface area contributed by atoms with E-state index in [9.17, 15) is 9.59 Å². The first-order chi connectivity index (χ1) is 10.0. The number of carbonyl (C=O) groups excluding carboxylic acids is 1. The number of carbonyl (C=O) groups is 2. The summed E-state index contributed by atoms with van der Waals surface area (Å²) in [5.74, 6) is 0.239. The summed E-state index contributed by atoms with van der Waals surface area (Å²) in [4.78, 5) is 22.3. The number of hydrogen-bond donors (Lipinski definition) is 2. The Balaban J connectivity index is 1.76. The molecule has 1 aromatic carbocycles. The molecule has 0 bridgehead atoms. The molecule has 2 N–H and O–H groups in total. The van der Waals surface area contributed by atoms with Gasteiger partial charge in [0.1, 0.15) is 11.5 Å². The van der Waals surface area contributed by atoms with Gasteiger partial charge in [-0.1, -0.05) is 5.16 Å². The topological polar surface area (TPSA) is 102 Å². The summed E-state index contributed by atoms with van der Waals surface area (Å²) in [6, 6.07) is 7.58. The van der Waals surface area contributed by atoms with Crippen molar-refractivity contribution >= 4 is 17.7 Å². The van der Waals surface area contributed by atoms with Crippen LogP contribution in [-0.4, -0.2) is 28.7 Å².